The van der Waals surface area contributed by atoms with E-state index in [9.17, 15) is 0 Å². The maximum Gasteiger partial charge on any atom is 0.0468 e. The summed E-state index contributed by atoms with van der Waals surface area (Å²) in [6.07, 6.45) is 4.44. The third-order valence-corrected chi connectivity index (χ3v) is 13.9. The predicted octanol–water partition coefficient (Wildman–Crippen LogP) is 19.4. The van der Waals surface area contributed by atoms with Gasteiger partial charge in [-0.15, -0.1) is 0 Å². The van der Waals surface area contributed by atoms with Gasteiger partial charge in [0, 0.05) is 34.1 Å². The van der Waals surface area contributed by atoms with E-state index in [4.69, 9.17) is 0 Å². The first-order valence-corrected chi connectivity index (χ1v) is 24.0. The molecule has 2 heteroatoms. The molecule has 0 amide bonds. The lowest BCUT2D eigenvalue weighted by atomic mass is 9.99. The monoisotopic (exact) mass is 890 g/mol. The summed E-state index contributed by atoms with van der Waals surface area (Å²) in [5.74, 6) is 0. The van der Waals surface area contributed by atoms with Crippen LogP contribution in [0.15, 0.2) is 267 Å². The van der Waals surface area contributed by atoms with Gasteiger partial charge >= 0.3 is 0 Å². The SMILES string of the molecule is C(=Cc1ccc2cc(N(c3ccc4ccccc4c3)c3ccc4ccccc4c3)ccc2c1)c1ccc2cc(-c3ccc(N(c4ccc5ccccc5c4)c4ccc5ccccc5c4)cc3)ccc2c1. The Balaban J connectivity index is 0.759. The molecule has 0 spiro atoms. The van der Waals surface area contributed by atoms with Crippen LogP contribution in [0.3, 0.4) is 0 Å². The zero-order chi connectivity index (χ0) is 46.4. The Morgan fingerprint density at radius 3 is 0.843 bits per heavy atom. The minimum Gasteiger partial charge on any atom is -0.310 e. The molecule has 0 aromatic heterocycles. The highest BCUT2D eigenvalue weighted by Crippen LogP contribution is 2.41. The smallest absolute Gasteiger partial charge is 0.0468 e. The molecule has 0 atom stereocenters. The molecule has 0 aliphatic heterocycles. The number of hydrogen-bond acceptors (Lipinski definition) is 2. The Hall–Kier alpha value is -9.24. The molecule has 0 unspecified atom stereocenters. The molecule has 0 heterocycles. The fourth-order valence-electron chi connectivity index (χ4n) is 10.2. The van der Waals surface area contributed by atoms with E-state index in [0.717, 1.165) is 34.1 Å². The van der Waals surface area contributed by atoms with Crippen molar-refractivity contribution in [1.29, 1.82) is 0 Å². The summed E-state index contributed by atoms with van der Waals surface area (Å²) in [7, 11) is 0. The van der Waals surface area contributed by atoms with E-state index in [1.54, 1.807) is 0 Å². The molecular weight excluding hydrogens is 845 g/mol. The van der Waals surface area contributed by atoms with Gasteiger partial charge in [-0.2, -0.15) is 0 Å². The summed E-state index contributed by atoms with van der Waals surface area (Å²) < 4.78 is 0. The fourth-order valence-corrected chi connectivity index (χ4v) is 10.2. The van der Waals surface area contributed by atoms with E-state index in [-0.39, 0.29) is 0 Å². The molecule has 2 nitrogen and oxygen atoms in total. The predicted molar refractivity (Wildman–Crippen MR) is 302 cm³/mol. The van der Waals surface area contributed by atoms with Crippen LogP contribution >= 0.6 is 0 Å². The fraction of sp³-hybridized carbons (Fsp3) is 0. The zero-order valence-electron chi connectivity index (χ0n) is 38.5. The van der Waals surface area contributed by atoms with Crippen LogP contribution in [-0.2, 0) is 0 Å². The van der Waals surface area contributed by atoms with E-state index >= 15 is 0 Å². The van der Waals surface area contributed by atoms with Gasteiger partial charge in [0.2, 0.25) is 0 Å². The van der Waals surface area contributed by atoms with Crippen molar-refractivity contribution in [2.24, 2.45) is 0 Å². The number of rotatable bonds is 9. The molecule has 13 aromatic carbocycles. The lowest BCUT2D eigenvalue weighted by Gasteiger charge is -2.26. The molecule has 70 heavy (non-hydrogen) atoms. The molecule has 0 radical (unpaired) electrons. The summed E-state index contributed by atoms with van der Waals surface area (Å²) in [6, 6.07) is 97.3. The average molecular weight is 891 g/mol. The van der Waals surface area contributed by atoms with Gasteiger partial charge in [-0.05, 0) is 178 Å². The average Bonchev–Trinajstić information content (AvgIpc) is 3.42. The first-order chi connectivity index (χ1) is 34.6. The number of nitrogens with zero attached hydrogens (tertiary/aromatic N) is 2. The quantitative estimate of drug-likeness (QED) is 0.133. The third-order valence-electron chi connectivity index (χ3n) is 13.9. The highest BCUT2D eigenvalue weighted by molar-refractivity contribution is 5.97. The van der Waals surface area contributed by atoms with Crippen LogP contribution in [0.1, 0.15) is 11.1 Å². The summed E-state index contributed by atoms with van der Waals surface area (Å²) in [5, 5.41) is 14.7. The molecular formula is C68H46N2. The summed E-state index contributed by atoms with van der Waals surface area (Å²) in [5.41, 5.74) is 11.5. The second-order valence-corrected chi connectivity index (χ2v) is 18.3. The van der Waals surface area contributed by atoms with Crippen molar-refractivity contribution < 1.29 is 0 Å². The molecule has 0 aliphatic rings. The van der Waals surface area contributed by atoms with Crippen LogP contribution in [0.5, 0.6) is 0 Å². The Bertz CT molecular complexity index is 3990. The topological polar surface area (TPSA) is 6.48 Å². The molecule has 328 valence electrons. The number of fused-ring (bicyclic) bond motifs is 6. The molecule has 0 fully saturated rings. The van der Waals surface area contributed by atoms with Crippen molar-refractivity contribution >= 4 is 111 Å². The van der Waals surface area contributed by atoms with Crippen molar-refractivity contribution in [3.8, 4) is 11.1 Å². The molecule has 0 bridgehead atoms. The second kappa shape index (κ2) is 17.4. The molecule has 0 aliphatic carbocycles. The lowest BCUT2D eigenvalue weighted by Crippen LogP contribution is -2.10. The second-order valence-electron chi connectivity index (χ2n) is 18.3. The lowest BCUT2D eigenvalue weighted by molar-refractivity contribution is 1.29. The van der Waals surface area contributed by atoms with E-state index in [2.05, 4.69) is 289 Å². The number of anilines is 6. The Morgan fingerprint density at radius 1 is 0.186 bits per heavy atom. The van der Waals surface area contributed by atoms with Crippen molar-refractivity contribution in [2.45, 2.75) is 0 Å². The molecule has 13 rings (SSSR count). The van der Waals surface area contributed by atoms with Gasteiger partial charge in [0.15, 0.2) is 0 Å². The van der Waals surface area contributed by atoms with Crippen molar-refractivity contribution in [3.63, 3.8) is 0 Å². The number of hydrogen-bond donors (Lipinski definition) is 0. The first-order valence-electron chi connectivity index (χ1n) is 24.0. The van der Waals surface area contributed by atoms with Crippen LogP contribution in [0.25, 0.3) is 87.9 Å². The standard InChI is InChI=1S/C68H46N2/c1-5-13-54-42-64(34-27-49(54)9-1)69(65-35-28-50-10-2-6-14-55(50)43-65)63-32-25-53(26-33-63)60-24-23-58-39-47(19-21-61(58)41-60)17-18-48-20-22-62-46-68(38-31-59(62)40-48)70(66-36-29-51-11-3-7-15-56(51)44-66)67-37-30-52-12-4-8-16-57(52)45-67/h1-46H. The minimum absolute atomic E-state index is 1.11. The Kier molecular flexibility index (Phi) is 10.2. The van der Waals surface area contributed by atoms with Gasteiger partial charge in [0.1, 0.15) is 0 Å². The van der Waals surface area contributed by atoms with Crippen molar-refractivity contribution in [2.75, 3.05) is 9.80 Å². The maximum atomic E-state index is 2.37. The molecule has 13 aromatic rings. The number of benzene rings is 13. The van der Waals surface area contributed by atoms with Crippen LogP contribution < -0.4 is 9.80 Å². The normalized spacial score (nSPS) is 11.7. The first kappa shape index (κ1) is 41.0. The summed E-state index contributed by atoms with van der Waals surface area (Å²) >= 11 is 0. The van der Waals surface area contributed by atoms with Gasteiger partial charge in [-0.25, -0.2) is 0 Å². The Morgan fingerprint density at radius 2 is 0.443 bits per heavy atom. The van der Waals surface area contributed by atoms with Crippen LogP contribution in [0.2, 0.25) is 0 Å². The highest BCUT2D eigenvalue weighted by atomic mass is 15.1. The maximum absolute atomic E-state index is 2.37. The molecule has 0 N–H and O–H groups in total. The van der Waals surface area contributed by atoms with Gasteiger partial charge in [0.05, 0.1) is 0 Å². The molecule has 0 saturated carbocycles. The third kappa shape index (κ3) is 7.88. The van der Waals surface area contributed by atoms with Crippen LogP contribution in [-0.4, -0.2) is 0 Å². The Labute approximate surface area is 407 Å². The van der Waals surface area contributed by atoms with Crippen LogP contribution in [0, 0.1) is 0 Å². The zero-order valence-corrected chi connectivity index (χ0v) is 38.5. The van der Waals surface area contributed by atoms with Crippen molar-refractivity contribution in [3.05, 3.63) is 278 Å². The van der Waals surface area contributed by atoms with Gasteiger partial charge in [0.25, 0.3) is 0 Å². The summed E-state index contributed by atoms with van der Waals surface area (Å²) in [6.45, 7) is 0. The summed E-state index contributed by atoms with van der Waals surface area (Å²) in [4.78, 5) is 4.74. The van der Waals surface area contributed by atoms with Gasteiger partial charge in [-0.1, -0.05) is 188 Å². The van der Waals surface area contributed by atoms with Gasteiger partial charge in [-0.3, -0.25) is 0 Å². The van der Waals surface area contributed by atoms with Crippen LogP contribution in [0.4, 0.5) is 34.1 Å². The highest BCUT2D eigenvalue weighted by Gasteiger charge is 2.17. The van der Waals surface area contributed by atoms with Gasteiger partial charge < -0.3 is 9.80 Å². The van der Waals surface area contributed by atoms with E-state index in [1.165, 1.54) is 86.9 Å². The minimum atomic E-state index is 1.11. The van der Waals surface area contributed by atoms with E-state index in [0.29, 0.717) is 0 Å². The van der Waals surface area contributed by atoms with E-state index < -0.39 is 0 Å². The molecule has 0 saturated heterocycles. The largest absolute Gasteiger partial charge is 0.310 e. The van der Waals surface area contributed by atoms with E-state index in [1.807, 2.05) is 0 Å². The van der Waals surface area contributed by atoms with Crippen molar-refractivity contribution in [1.82, 2.24) is 0 Å².